The molecule has 0 saturated carbocycles. The topological polar surface area (TPSA) is 71.5 Å². The van der Waals surface area contributed by atoms with Crippen LogP contribution >= 0.6 is 0 Å². The lowest BCUT2D eigenvalue weighted by molar-refractivity contribution is -0.121. The van der Waals surface area contributed by atoms with Crippen LogP contribution < -0.4 is 15.0 Å². The van der Waals surface area contributed by atoms with Crippen LogP contribution in [0.15, 0.2) is 54.7 Å². The van der Waals surface area contributed by atoms with Crippen molar-refractivity contribution in [2.45, 2.75) is 13.3 Å². The van der Waals surface area contributed by atoms with Crippen LogP contribution in [0.1, 0.15) is 12.0 Å². The van der Waals surface area contributed by atoms with Crippen LogP contribution in [0.25, 0.3) is 10.9 Å². The molecule has 1 aliphatic rings. The smallest absolute Gasteiger partial charge is 0.265 e. The zero-order valence-corrected chi connectivity index (χ0v) is 14.9. The molecule has 0 aliphatic carbocycles. The number of ether oxygens (including phenoxy) is 1. The van der Waals surface area contributed by atoms with E-state index < -0.39 is 0 Å². The van der Waals surface area contributed by atoms with E-state index in [2.05, 4.69) is 10.3 Å². The molecule has 2 aromatic carbocycles. The molecule has 136 valence electrons. The van der Waals surface area contributed by atoms with Gasteiger partial charge in [0.25, 0.3) is 5.91 Å². The molecule has 6 nitrogen and oxygen atoms in total. The summed E-state index contributed by atoms with van der Waals surface area (Å²) < 4.78 is 5.47. The molecule has 2 amide bonds. The van der Waals surface area contributed by atoms with E-state index in [4.69, 9.17) is 4.74 Å². The third-order valence-corrected chi connectivity index (χ3v) is 4.53. The molecule has 0 spiro atoms. The molecular weight excluding hydrogens is 342 g/mol. The van der Waals surface area contributed by atoms with E-state index in [9.17, 15) is 9.59 Å². The Balaban J connectivity index is 1.48. The number of nitrogens with zero attached hydrogens (tertiary/aromatic N) is 2. The molecule has 2 heterocycles. The number of amides is 2. The van der Waals surface area contributed by atoms with Gasteiger partial charge in [-0.15, -0.1) is 0 Å². The maximum atomic E-state index is 12.5. The normalized spacial score (nSPS) is 13.2. The Hall–Kier alpha value is -3.41. The monoisotopic (exact) mass is 361 g/mol. The summed E-state index contributed by atoms with van der Waals surface area (Å²) >= 11 is 0. The summed E-state index contributed by atoms with van der Waals surface area (Å²) in [7, 11) is 0. The van der Waals surface area contributed by atoms with Gasteiger partial charge in [0.05, 0.1) is 16.9 Å². The van der Waals surface area contributed by atoms with E-state index in [1.807, 2.05) is 55.5 Å². The van der Waals surface area contributed by atoms with Gasteiger partial charge in [-0.3, -0.25) is 14.6 Å². The van der Waals surface area contributed by atoms with E-state index >= 15 is 0 Å². The molecule has 4 rings (SSSR count). The van der Waals surface area contributed by atoms with Crippen LogP contribution in [0.4, 0.5) is 11.4 Å². The Morgan fingerprint density at radius 2 is 2.07 bits per heavy atom. The summed E-state index contributed by atoms with van der Waals surface area (Å²) in [4.78, 5) is 30.7. The quantitative estimate of drug-likeness (QED) is 0.774. The number of rotatable bonds is 4. The second-order valence-electron chi connectivity index (χ2n) is 6.48. The first-order chi connectivity index (χ1) is 13.1. The van der Waals surface area contributed by atoms with E-state index in [1.165, 1.54) is 0 Å². The van der Waals surface area contributed by atoms with Crippen LogP contribution in [0, 0.1) is 6.92 Å². The van der Waals surface area contributed by atoms with Crippen molar-refractivity contribution in [1.29, 1.82) is 0 Å². The Labute approximate surface area is 156 Å². The molecule has 0 atom stereocenters. The molecule has 1 aromatic heterocycles. The highest BCUT2D eigenvalue weighted by Crippen LogP contribution is 2.33. The van der Waals surface area contributed by atoms with Crippen LogP contribution in [0.2, 0.25) is 0 Å². The maximum Gasteiger partial charge on any atom is 0.265 e. The Bertz CT molecular complexity index is 1030. The molecule has 27 heavy (non-hydrogen) atoms. The molecule has 3 aromatic rings. The highest BCUT2D eigenvalue weighted by atomic mass is 16.5. The first kappa shape index (κ1) is 17.0. The Kier molecular flexibility index (Phi) is 4.46. The molecule has 0 unspecified atom stereocenters. The highest BCUT2D eigenvalue weighted by molar-refractivity contribution is 6.02. The van der Waals surface area contributed by atoms with Gasteiger partial charge in [0.15, 0.2) is 6.61 Å². The number of pyridine rings is 1. The number of hydrogen-bond acceptors (Lipinski definition) is 4. The van der Waals surface area contributed by atoms with Crippen molar-refractivity contribution in [2.75, 3.05) is 23.4 Å². The van der Waals surface area contributed by atoms with E-state index in [1.54, 1.807) is 11.1 Å². The molecular formula is C21H19N3O3. The summed E-state index contributed by atoms with van der Waals surface area (Å²) in [6, 6.07) is 15.2. The summed E-state index contributed by atoms with van der Waals surface area (Å²) in [5.41, 5.74) is 3.16. The first-order valence-electron chi connectivity index (χ1n) is 8.79. The number of hydrogen-bond donors (Lipinski definition) is 1. The number of carbonyl (C=O) groups is 2. The lowest BCUT2D eigenvalue weighted by Gasteiger charge is -2.29. The zero-order valence-electron chi connectivity index (χ0n) is 14.9. The van der Waals surface area contributed by atoms with Crippen molar-refractivity contribution >= 4 is 34.1 Å². The van der Waals surface area contributed by atoms with Crippen LogP contribution in [0.5, 0.6) is 5.75 Å². The third-order valence-electron chi connectivity index (χ3n) is 4.53. The van der Waals surface area contributed by atoms with Gasteiger partial charge in [0.2, 0.25) is 5.91 Å². The minimum atomic E-state index is -0.165. The number of nitrogens with one attached hydrogen (secondary N) is 1. The average Bonchev–Trinajstić information content (AvgIpc) is 2.67. The molecule has 0 bridgehead atoms. The Morgan fingerprint density at radius 3 is 2.96 bits per heavy atom. The number of carbonyl (C=O) groups excluding carboxylic acids is 2. The van der Waals surface area contributed by atoms with Gasteiger partial charge in [0.1, 0.15) is 5.75 Å². The van der Waals surface area contributed by atoms with Gasteiger partial charge in [-0.05, 0) is 36.8 Å². The maximum absolute atomic E-state index is 12.5. The summed E-state index contributed by atoms with van der Waals surface area (Å²) in [6.07, 6.45) is 1.88. The van der Waals surface area contributed by atoms with E-state index in [0.717, 1.165) is 16.5 Å². The lowest BCUT2D eigenvalue weighted by Crippen LogP contribution is -2.40. The van der Waals surface area contributed by atoms with Gasteiger partial charge in [0, 0.05) is 24.5 Å². The predicted molar refractivity (Wildman–Crippen MR) is 104 cm³/mol. The SMILES string of the molecule is Cc1ccc2c(c1)N(CCC(=O)Nc1cccc3cccnc13)C(=O)CO2. The molecule has 6 heteroatoms. The number of anilines is 2. The van der Waals surface area contributed by atoms with Crippen molar-refractivity contribution in [3.05, 3.63) is 60.3 Å². The van der Waals surface area contributed by atoms with Gasteiger partial charge in [-0.25, -0.2) is 0 Å². The number of aromatic nitrogens is 1. The van der Waals surface area contributed by atoms with Gasteiger partial charge in [-0.2, -0.15) is 0 Å². The second kappa shape index (κ2) is 7.07. The fourth-order valence-electron chi connectivity index (χ4n) is 3.19. The molecule has 0 fully saturated rings. The zero-order chi connectivity index (χ0) is 18.8. The van der Waals surface area contributed by atoms with Crippen molar-refractivity contribution in [3.63, 3.8) is 0 Å². The van der Waals surface area contributed by atoms with Gasteiger partial charge >= 0.3 is 0 Å². The highest BCUT2D eigenvalue weighted by Gasteiger charge is 2.26. The fraction of sp³-hybridized carbons (Fsp3) is 0.190. The van der Waals surface area contributed by atoms with Crippen molar-refractivity contribution in [2.24, 2.45) is 0 Å². The van der Waals surface area contributed by atoms with Crippen LogP contribution in [-0.4, -0.2) is 29.9 Å². The number of fused-ring (bicyclic) bond motifs is 2. The van der Waals surface area contributed by atoms with Crippen molar-refractivity contribution in [1.82, 2.24) is 4.98 Å². The van der Waals surface area contributed by atoms with Crippen molar-refractivity contribution < 1.29 is 14.3 Å². The predicted octanol–water partition coefficient (Wildman–Crippen LogP) is 3.30. The minimum Gasteiger partial charge on any atom is -0.482 e. The van der Waals surface area contributed by atoms with E-state index in [-0.39, 0.29) is 24.8 Å². The lowest BCUT2D eigenvalue weighted by atomic mass is 10.1. The fourth-order valence-corrected chi connectivity index (χ4v) is 3.19. The van der Waals surface area contributed by atoms with Gasteiger partial charge in [-0.1, -0.05) is 24.3 Å². The standard InChI is InChI=1S/C21H19N3O3/c1-14-7-8-18-17(12-14)24(20(26)13-27-18)11-9-19(25)23-16-6-2-4-15-5-3-10-22-21(15)16/h2-8,10,12H,9,11,13H2,1H3,(H,23,25). The van der Waals surface area contributed by atoms with Gasteiger partial charge < -0.3 is 15.0 Å². The molecule has 0 saturated heterocycles. The number of para-hydroxylation sites is 1. The molecule has 1 aliphatic heterocycles. The first-order valence-corrected chi connectivity index (χ1v) is 8.79. The van der Waals surface area contributed by atoms with Crippen LogP contribution in [-0.2, 0) is 9.59 Å². The third kappa shape index (κ3) is 3.46. The number of benzene rings is 2. The van der Waals surface area contributed by atoms with Crippen LogP contribution in [0.3, 0.4) is 0 Å². The summed E-state index contributed by atoms with van der Waals surface area (Å²) in [5, 5.41) is 3.87. The largest absolute Gasteiger partial charge is 0.482 e. The average molecular weight is 361 g/mol. The second-order valence-corrected chi connectivity index (χ2v) is 6.48. The molecule has 0 radical (unpaired) electrons. The summed E-state index contributed by atoms with van der Waals surface area (Å²) in [5.74, 6) is 0.355. The summed E-state index contributed by atoms with van der Waals surface area (Å²) in [6.45, 7) is 2.24. The van der Waals surface area contributed by atoms with Crippen molar-refractivity contribution in [3.8, 4) is 5.75 Å². The Morgan fingerprint density at radius 1 is 1.22 bits per heavy atom. The molecule has 1 N–H and O–H groups in total. The minimum absolute atomic E-state index is 0.00901. The van der Waals surface area contributed by atoms with E-state index in [0.29, 0.717) is 23.7 Å². The number of aryl methyl sites for hydroxylation is 1.